The maximum atomic E-state index is 11.3. The number of hydrogen-bond donors (Lipinski definition) is 4. The van der Waals surface area contributed by atoms with Gasteiger partial charge in [0.15, 0.2) is 0 Å². The van der Waals surface area contributed by atoms with Crippen LogP contribution in [0.5, 0.6) is 0 Å². The molecule has 0 radical (unpaired) electrons. The lowest BCUT2D eigenvalue weighted by atomic mass is 10.1. The topological polar surface area (TPSA) is 115 Å². The van der Waals surface area contributed by atoms with Crippen LogP contribution in [0.15, 0.2) is 24.3 Å². The van der Waals surface area contributed by atoms with Gasteiger partial charge in [-0.25, -0.2) is 4.79 Å². The molecule has 1 aliphatic heterocycles. The molecule has 0 spiro atoms. The van der Waals surface area contributed by atoms with Crippen molar-refractivity contribution in [1.82, 2.24) is 19.9 Å². The second-order valence-electron chi connectivity index (χ2n) is 8.96. The summed E-state index contributed by atoms with van der Waals surface area (Å²) in [6, 6.07) is 7.49. The Labute approximate surface area is 195 Å². The van der Waals surface area contributed by atoms with Gasteiger partial charge >= 0.3 is 5.97 Å². The van der Waals surface area contributed by atoms with Crippen LogP contribution < -0.4 is 16.0 Å². The number of hydrogen-bond acceptors (Lipinski definition) is 8. The third-order valence-electron chi connectivity index (χ3n) is 6.59. The van der Waals surface area contributed by atoms with Crippen LogP contribution in [0, 0.1) is 0 Å². The van der Waals surface area contributed by atoms with Crippen LogP contribution in [0.2, 0.25) is 0 Å². The van der Waals surface area contributed by atoms with Crippen molar-refractivity contribution in [2.45, 2.75) is 70.4 Å². The van der Waals surface area contributed by atoms with Gasteiger partial charge in [0, 0.05) is 24.3 Å². The number of nitrogens with one attached hydrogen (secondary N) is 3. The normalized spacial score (nSPS) is 19.7. The van der Waals surface area contributed by atoms with E-state index in [4.69, 9.17) is 0 Å². The molecule has 2 fully saturated rings. The molecule has 9 heteroatoms. The van der Waals surface area contributed by atoms with Crippen molar-refractivity contribution >= 4 is 29.5 Å². The van der Waals surface area contributed by atoms with Crippen LogP contribution in [0.3, 0.4) is 0 Å². The highest BCUT2D eigenvalue weighted by atomic mass is 16.4. The maximum Gasteiger partial charge on any atom is 0.335 e. The van der Waals surface area contributed by atoms with E-state index in [0.717, 1.165) is 32.5 Å². The number of rotatable bonds is 9. The minimum atomic E-state index is -0.968. The molecule has 1 atom stereocenters. The van der Waals surface area contributed by atoms with Gasteiger partial charge in [-0.05, 0) is 57.0 Å². The van der Waals surface area contributed by atoms with E-state index in [1.54, 1.807) is 24.3 Å². The molecule has 1 unspecified atom stereocenters. The van der Waals surface area contributed by atoms with E-state index in [1.807, 2.05) is 0 Å². The van der Waals surface area contributed by atoms with Gasteiger partial charge in [-0.2, -0.15) is 15.0 Å². The summed E-state index contributed by atoms with van der Waals surface area (Å²) >= 11 is 0. The molecule has 9 nitrogen and oxygen atoms in total. The van der Waals surface area contributed by atoms with Gasteiger partial charge in [0.2, 0.25) is 17.8 Å². The monoisotopic (exact) mass is 453 g/mol. The average molecular weight is 454 g/mol. The Morgan fingerprint density at radius 3 is 2.55 bits per heavy atom. The van der Waals surface area contributed by atoms with Crippen molar-refractivity contribution in [3.63, 3.8) is 0 Å². The highest BCUT2D eigenvalue weighted by molar-refractivity contribution is 5.89. The Bertz CT molecular complexity index is 931. The number of aromatic nitrogens is 3. The van der Waals surface area contributed by atoms with Crippen LogP contribution in [0.1, 0.15) is 68.6 Å². The first-order valence-corrected chi connectivity index (χ1v) is 12.2. The molecular weight excluding hydrogens is 418 g/mol. The van der Waals surface area contributed by atoms with Gasteiger partial charge < -0.3 is 21.1 Å². The second-order valence-corrected chi connectivity index (χ2v) is 8.96. The molecule has 1 aliphatic carbocycles. The molecule has 4 rings (SSSR count). The number of aromatic carboxylic acids is 1. The zero-order valence-corrected chi connectivity index (χ0v) is 19.4. The van der Waals surface area contributed by atoms with Gasteiger partial charge in [0.1, 0.15) is 0 Å². The highest BCUT2D eigenvalue weighted by Crippen LogP contribution is 2.23. The van der Waals surface area contributed by atoms with Crippen LogP contribution in [-0.2, 0) is 0 Å². The third-order valence-corrected chi connectivity index (χ3v) is 6.59. The van der Waals surface area contributed by atoms with E-state index in [9.17, 15) is 9.90 Å². The molecule has 1 aromatic heterocycles. The fourth-order valence-corrected chi connectivity index (χ4v) is 4.79. The molecule has 2 heterocycles. The number of likely N-dealkylation sites (tertiary alicyclic amines) is 1. The van der Waals surface area contributed by atoms with Crippen molar-refractivity contribution in [3.8, 4) is 0 Å². The minimum absolute atomic E-state index is 0.213. The fourth-order valence-electron chi connectivity index (χ4n) is 4.79. The van der Waals surface area contributed by atoms with Crippen molar-refractivity contribution in [2.75, 3.05) is 35.6 Å². The largest absolute Gasteiger partial charge is 0.478 e. The molecule has 33 heavy (non-hydrogen) atoms. The van der Waals surface area contributed by atoms with Gasteiger partial charge in [0.05, 0.1) is 5.56 Å². The Kier molecular flexibility index (Phi) is 7.93. The number of benzene rings is 1. The Morgan fingerprint density at radius 1 is 1.03 bits per heavy atom. The van der Waals surface area contributed by atoms with Gasteiger partial charge in [0.25, 0.3) is 0 Å². The number of carboxylic acids is 1. The Hall–Kier alpha value is -2.94. The lowest BCUT2D eigenvalue weighted by molar-refractivity contribution is 0.0697. The van der Waals surface area contributed by atoms with Crippen LogP contribution in [0.25, 0.3) is 0 Å². The molecular formula is C24H35N7O2. The first-order valence-electron chi connectivity index (χ1n) is 12.2. The summed E-state index contributed by atoms with van der Waals surface area (Å²) in [4.78, 5) is 27.6. The molecule has 1 saturated heterocycles. The molecule has 178 valence electrons. The van der Waals surface area contributed by atoms with E-state index in [2.05, 4.69) is 42.7 Å². The predicted molar refractivity (Wildman–Crippen MR) is 130 cm³/mol. The van der Waals surface area contributed by atoms with E-state index in [0.29, 0.717) is 35.6 Å². The molecule has 2 aromatic rings. The summed E-state index contributed by atoms with van der Waals surface area (Å²) in [6.45, 7) is 5.17. The van der Waals surface area contributed by atoms with Gasteiger partial charge in [-0.3, -0.25) is 4.90 Å². The van der Waals surface area contributed by atoms with E-state index in [1.165, 1.54) is 38.5 Å². The summed E-state index contributed by atoms with van der Waals surface area (Å²) in [5.74, 6) is 0.505. The number of nitrogens with zero attached hydrogens (tertiary/aromatic N) is 4. The van der Waals surface area contributed by atoms with E-state index in [-0.39, 0.29) is 5.56 Å². The van der Waals surface area contributed by atoms with Crippen LogP contribution in [-0.4, -0.2) is 62.6 Å². The van der Waals surface area contributed by atoms with Crippen LogP contribution in [0.4, 0.5) is 23.5 Å². The first-order chi connectivity index (χ1) is 16.1. The Morgan fingerprint density at radius 2 is 1.79 bits per heavy atom. The molecule has 0 amide bonds. The number of carbonyl (C=O) groups is 1. The molecule has 1 saturated carbocycles. The number of likely N-dealkylation sites (N-methyl/N-ethyl adjacent to an activating group) is 1. The van der Waals surface area contributed by atoms with Gasteiger partial charge in [-0.15, -0.1) is 0 Å². The summed E-state index contributed by atoms with van der Waals surface area (Å²) in [5, 5.41) is 19.4. The smallest absolute Gasteiger partial charge is 0.335 e. The summed E-state index contributed by atoms with van der Waals surface area (Å²) in [5.41, 5.74) is 0.838. The van der Waals surface area contributed by atoms with E-state index < -0.39 is 5.97 Å². The lowest BCUT2D eigenvalue weighted by Gasteiger charge is -2.23. The number of carboxylic acid groups (broad SMARTS) is 1. The standard InChI is InChI=1S/C24H35N7O2/c1-2-31-14-8-13-20(31)16-25-22-28-23(26-18-10-5-3-4-6-11-18)30-24(29-22)27-19-12-7-9-17(15-19)21(32)33/h7,9,12,15,18,20H,2-6,8,10-11,13-14,16H2,1H3,(H,32,33)(H3,25,26,27,28,29,30). The summed E-state index contributed by atoms with van der Waals surface area (Å²) in [7, 11) is 0. The summed E-state index contributed by atoms with van der Waals surface area (Å²) in [6.07, 6.45) is 9.63. The minimum Gasteiger partial charge on any atom is -0.478 e. The summed E-state index contributed by atoms with van der Waals surface area (Å²) < 4.78 is 0. The number of anilines is 4. The predicted octanol–water partition coefficient (Wildman–Crippen LogP) is 4.34. The SMILES string of the molecule is CCN1CCCC1CNc1nc(Nc2cccc(C(=O)O)c2)nc(NC2CCCCCC2)n1. The second kappa shape index (κ2) is 11.3. The molecule has 1 aromatic carbocycles. The fraction of sp³-hybridized carbons (Fsp3) is 0.583. The lowest BCUT2D eigenvalue weighted by Crippen LogP contribution is -2.35. The molecule has 2 aliphatic rings. The van der Waals surface area contributed by atoms with Crippen LogP contribution >= 0.6 is 0 Å². The maximum absolute atomic E-state index is 11.3. The average Bonchev–Trinajstić information content (AvgIpc) is 3.12. The van der Waals surface area contributed by atoms with Crippen molar-refractivity contribution in [2.24, 2.45) is 0 Å². The zero-order valence-electron chi connectivity index (χ0n) is 19.4. The van der Waals surface area contributed by atoms with Crippen molar-refractivity contribution in [1.29, 1.82) is 0 Å². The molecule has 0 bridgehead atoms. The van der Waals surface area contributed by atoms with E-state index >= 15 is 0 Å². The quantitative estimate of drug-likeness (QED) is 0.411. The van der Waals surface area contributed by atoms with Crippen molar-refractivity contribution < 1.29 is 9.90 Å². The van der Waals surface area contributed by atoms with Crippen molar-refractivity contribution in [3.05, 3.63) is 29.8 Å². The molecule has 4 N–H and O–H groups in total. The highest BCUT2D eigenvalue weighted by Gasteiger charge is 2.23. The Balaban J connectivity index is 1.52. The zero-order chi connectivity index (χ0) is 23.0. The third kappa shape index (κ3) is 6.54. The van der Waals surface area contributed by atoms with Gasteiger partial charge in [-0.1, -0.05) is 38.7 Å². The first kappa shape index (κ1) is 23.2.